The number of aliphatic carboxylic acids is 1. The van der Waals surface area contributed by atoms with E-state index in [-0.39, 0.29) is 5.75 Å². The van der Waals surface area contributed by atoms with Gasteiger partial charge in [-0.1, -0.05) is 30.8 Å². The van der Waals surface area contributed by atoms with Gasteiger partial charge in [0.15, 0.2) is 5.58 Å². The lowest BCUT2D eigenvalue weighted by Crippen LogP contribution is -2.24. The second-order valence-electron chi connectivity index (χ2n) is 4.24. The summed E-state index contributed by atoms with van der Waals surface area (Å²) < 4.78 is 5.76. The van der Waals surface area contributed by atoms with E-state index in [2.05, 4.69) is 9.97 Å². The number of aryl methyl sites for hydroxylation is 1. The highest BCUT2D eigenvalue weighted by Crippen LogP contribution is 2.33. The van der Waals surface area contributed by atoms with Gasteiger partial charge in [-0.3, -0.25) is 0 Å². The molecule has 0 unspecified atom stereocenters. The fraction of sp³-hybridized carbons (Fsp3) is 0.214. The second-order valence-corrected chi connectivity index (χ2v) is 5.20. The summed E-state index contributed by atoms with van der Waals surface area (Å²) in [7, 11) is 0. The van der Waals surface area contributed by atoms with E-state index in [0.29, 0.717) is 22.9 Å². The van der Waals surface area contributed by atoms with Crippen LogP contribution in [0.25, 0.3) is 22.1 Å². The monoisotopic (exact) mass is 287 g/mol. The van der Waals surface area contributed by atoms with Gasteiger partial charge in [0.05, 0.1) is 5.97 Å². The van der Waals surface area contributed by atoms with Gasteiger partial charge in [0.25, 0.3) is 0 Å². The lowest BCUT2D eigenvalue weighted by Gasteiger charge is -2.04. The van der Waals surface area contributed by atoms with Crippen molar-refractivity contribution >= 4 is 39.8 Å². The van der Waals surface area contributed by atoms with Gasteiger partial charge in [-0.25, -0.2) is 9.97 Å². The number of hydrogen-bond acceptors (Lipinski definition) is 6. The minimum absolute atomic E-state index is 0.160. The quantitative estimate of drug-likeness (QED) is 0.537. The van der Waals surface area contributed by atoms with Crippen LogP contribution in [0.15, 0.2) is 33.7 Å². The number of fused-ring (bicyclic) bond motifs is 3. The van der Waals surface area contributed by atoms with Crippen LogP contribution in [-0.4, -0.2) is 21.7 Å². The molecule has 0 aliphatic rings. The lowest BCUT2D eigenvalue weighted by atomic mass is 10.2. The molecule has 0 aliphatic carbocycles. The van der Waals surface area contributed by atoms with Crippen molar-refractivity contribution in [2.75, 3.05) is 5.75 Å². The second kappa shape index (κ2) is 5.13. The van der Waals surface area contributed by atoms with Gasteiger partial charge in [0.2, 0.25) is 0 Å². The zero-order valence-corrected chi connectivity index (χ0v) is 11.6. The van der Waals surface area contributed by atoms with Crippen molar-refractivity contribution < 1.29 is 14.3 Å². The molecule has 3 aromatic rings. The van der Waals surface area contributed by atoms with Crippen LogP contribution in [0, 0.1) is 0 Å². The molecule has 0 N–H and O–H groups in total. The topological polar surface area (TPSA) is 79.0 Å². The Morgan fingerprint density at radius 2 is 2.15 bits per heavy atom. The Kier molecular flexibility index (Phi) is 3.31. The van der Waals surface area contributed by atoms with E-state index < -0.39 is 5.97 Å². The largest absolute Gasteiger partial charge is 0.549 e. The highest BCUT2D eigenvalue weighted by Gasteiger charge is 2.15. The molecule has 2 heterocycles. The number of carboxylic acids is 1. The first-order chi connectivity index (χ1) is 9.69. The summed E-state index contributed by atoms with van der Waals surface area (Å²) in [6, 6.07) is 7.59. The van der Waals surface area contributed by atoms with Crippen molar-refractivity contribution in [1.29, 1.82) is 0 Å². The van der Waals surface area contributed by atoms with E-state index in [4.69, 9.17) is 4.42 Å². The number of thioether (sulfide) groups is 1. The number of furan rings is 1. The highest BCUT2D eigenvalue weighted by atomic mass is 32.2. The molecular weight excluding hydrogens is 276 g/mol. The van der Waals surface area contributed by atoms with Gasteiger partial charge < -0.3 is 14.3 Å². The Labute approximate surface area is 119 Å². The first-order valence-corrected chi connectivity index (χ1v) is 7.18. The third-order valence-electron chi connectivity index (χ3n) is 2.88. The molecule has 20 heavy (non-hydrogen) atoms. The first-order valence-electron chi connectivity index (χ1n) is 6.20. The summed E-state index contributed by atoms with van der Waals surface area (Å²) in [5.74, 6) is -0.618. The predicted molar refractivity (Wildman–Crippen MR) is 74.4 cm³/mol. The molecule has 0 spiro atoms. The van der Waals surface area contributed by atoms with E-state index >= 15 is 0 Å². The van der Waals surface area contributed by atoms with Crippen LogP contribution >= 0.6 is 11.8 Å². The van der Waals surface area contributed by atoms with Crippen LogP contribution in [0.3, 0.4) is 0 Å². The van der Waals surface area contributed by atoms with Gasteiger partial charge in [-0.2, -0.15) is 0 Å². The van der Waals surface area contributed by atoms with Gasteiger partial charge in [0.1, 0.15) is 22.0 Å². The Morgan fingerprint density at radius 3 is 2.90 bits per heavy atom. The van der Waals surface area contributed by atoms with Crippen LogP contribution in [0.2, 0.25) is 0 Å². The molecule has 3 rings (SSSR count). The van der Waals surface area contributed by atoms with Crippen LogP contribution in [0.4, 0.5) is 0 Å². The average molecular weight is 287 g/mol. The summed E-state index contributed by atoms with van der Waals surface area (Å²) in [5, 5.41) is 12.1. The minimum Gasteiger partial charge on any atom is -0.549 e. The molecule has 5 nitrogen and oxygen atoms in total. The fourth-order valence-corrected chi connectivity index (χ4v) is 2.69. The molecular formula is C14H11N2O3S-. The van der Waals surface area contributed by atoms with E-state index in [0.717, 1.165) is 28.2 Å². The molecule has 0 fully saturated rings. The fourth-order valence-electron chi connectivity index (χ4n) is 1.99. The number of nitrogens with zero attached hydrogens (tertiary/aromatic N) is 2. The number of benzene rings is 1. The van der Waals surface area contributed by atoms with Gasteiger partial charge in [-0.05, 0) is 12.1 Å². The summed E-state index contributed by atoms with van der Waals surface area (Å²) in [4.78, 5) is 19.5. The van der Waals surface area contributed by atoms with E-state index in [1.54, 1.807) is 0 Å². The maximum Gasteiger partial charge on any atom is 0.186 e. The number of aromatic nitrogens is 2. The number of carbonyl (C=O) groups excluding carboxylic acids is 1. The molecule has 2 aromatic heterocycles. The number of rotatable bonds is 4. The third kappa shape index (κ3) is 2.22. The molecule has 6 heteroatoms. The van der Waals surface area contributed by atoms with Crippen molar-refractivity contribution in [2.45, 2.75) is 18.4 Å². The molecule has 0 radical (unpaired) electrons. The van der Waals surface area contributed by atoms with E-state index in [1.807, 2.05) is 31.2 Å². The third-order valence-corrected chi connectivity index (χ3v) is 3.81. The number of carbonyl (C=O) groups is 1. The van der Waals surface area contributed by atoms with E-state index in [9.17, 15) is 9.90 Å². The van der Waals surface area contributed by atoms with Gasteiger partial charge in [0, 0.05) is 17.6 Å². The summed E-state index contributed by atoms with van der Waals surface area (Å²) in [6.07, 6.45) is 0.675. The lowest BCUT2D eigenvalue weighted by molar-refractivity contribution is -0.301. The smallest absolute Gasteiger partial charge is 0.186 e. The van der Waals surface area contributed by atoms with Gasteiger partial charge >= 0.3 is 0 Å². The molecule has 0 aliphatic heterocycles. The molecule has 0 amide bonds. The molecule has 0 saturated carbocycles. The van der Waals surface area contributed by atoms with Crippen molar-refractivity contribution in [3.63, 3.8) is 0 Å². The first kappa shape index (κ1) is 12.9. The van der Waals surface area contributed by atoms with Crippen molar-refractivity contribution in [1.82, 2.24) is 9.97 Å². The van der Waals surface area contributed by atoms with Gasteiger partial charge in [-0.15, -0.1) is 0 Å². The SMILES string of the molecule is CCc1nc(SCC(=O)[O-])c2oc3ccccc3c2n1. The molecule has 102 valence electrons. The van der Waals surface area contributed by atoms with Crippen LogP contribution in [0.5, 0.6) is 0 Å². The predicted octanol–water partition coefficient (Wildman–Crippen LogP) is 1.78. The zero-order chi connectivity index (χ0) is 14.1. The van der Waals surface area contributed by atoms with Crippen LogP contribution in [-0.2, 0) is 11.2 Å². The van der Waals surface area contributed by atoms with E-state index in [1.165, 1.54) is 0 Å². The maximum absolute atomic E-state index is 10.6. The zero-order valence-electron chi connectivity index (χ0n) is 10.8. The number of carboxylic acid groups (broad SMARTS) is 1. The summed E-state index contributed by atoms with van der Waals surface area (Å²) >= 11 is 1.10. The highest BCUT2D eigenvalue weighted by molar-refractivity contribution is 8.00. The summed E-state index contributed by atoms with van der Waals surface area (Å²) in [5.41, 5.74) is 1.99. The van der Waals surface area contributed by atoms with Crippen molar-refractivity contribution in [3.8, 4) is 0 Å². The summed E-state index contributed by atoms with van der Waals surface area (Å²) in [6.45, 7) is 1.95. The standard InChI is InChI=1S/C14H12N2O3S/c1-2-10-15-12-8-5-3-4-6-9(8)19-13(12)14(16-10)20-7-11(17)18/h3-6H,2,7H2,1H3,(H,17,18)/p-1. The molecule has 0 bridgehead atoms. The van der Waals surface area contributed by atoms with Crippen molar-refractivity contribution in [2.24, 2.45) is 0 Å². The Hall–Kier alpha value is -2.08. The number of hydrogen-bond donors (Lipinski definition) is 0. The normalized spacial score (nSPS) is 11.2. The van der Waals surface area contributed by atoms with Crippen molar-refractivity contribution in [3.05, 3.63) is 30.1 Å². The van der Waals surface area contributed by atoms with Crippen LogP contribution < -0.4 is 5.11 Å². The Balaban J connectivity index is 2.23. The minimum atomic E-state index is -1.13. The molecule has 1 aromatic carbocycles. The maximum atomic E-state index is 10.6. The molecule has 0 atom stereocenters. The van der Waals surface area contributed by atoms with Crippen LogP contribution in [0.1, 0.15) is 12.7 Å². The average Bonchev–Trinajstić information content (AvgIpc) is 2.83. The Morgan fingerprint density at radius 1 is 1.35 bits per heavy atom. The molecule has 0 saturated heterocycles. The Bertz CT molecular complexity index is 798. The number of para-hydroxylation sites is 1.